The molecule has 19 heavy (non-hydrogen) atoms. The van der Waals surface area contributed by atoms with E-state index < -0.39 is 9.84 Å². The van der Waals surface area contributed by atoms with Crippen LogP contribution in [0.15, 0.2) is 0 Å². The Morgan fingerprint density at radius 3 is 2.89 bits per heavy atom. The standard InChI is InChI=1S/C12H22N4O2S/c1-3-5-10-11(13)12(16(2)15-10)14-9-6-4-7-19(17,18)8-9/h9,14H,3-8,13H2,1-2H3. The van der Waals surface area contributed by atoms with Gasteiger partial charge in [-0.3, -0.25) is 4.68 Å². The van der Waals surface area contributed by atoms with E-state index in [1.54, 1.807) is 4.68 Å². The number of hydrogen-bond acceptors (Lipinski definition) is 5. The van der Waals surface area contributed by atoms with Gasteiger partial charge in [-0.15, -0.1) is 0 Å². The summed E-state index contributed by atoms with van der Waals surface area (Å²) in [5.74, 6) is 1.22. The van der Waals surface area contributed by atoms with Gasteiger partial charge in [0.2, 0.25) is 0 Å². The summed E-state index contributed by atoms with van der Waals surface area (Å²) >= 11 is 0. The Balaban J connectivity index is 2.15. The molecule has 3 N–H and O–H groups in total. The molecule has 0 aliphatic carbocycles. The Hall–Kier alpha value is -1.24. The van der Waals surface area contributed by atoms with Crippen molar-refractivity contribution in [2.24, 2.45) is 7.05 Å². The number of nitrogen functional groups attached to an aromatic ring is 1. The molecule has 0 radical (unpaired) electrons. The molecule has 1 aliphatic heterocycles. The first-order valence-corrected chi connectivity index (χ1v) is 8.53. The molecule has 1 unspecified atom stereocenters. The Labute approximate surface area is 114 Å². The molecule has 0 saturated carbocycles. The number of hydrogen-bond donors (Lipinski definition) is 2. The molecule has 1 saturated heterocycles. The molecule has 0 bridgehead atoms. The van der Waals surface area contributed by atoms with Gasteiger partial charge < -0.3 is 11.1 Å². The second-order valence-electron chi connectivity index (χ2n) is 5.18. The summed E-state index contributed by atoms with van der Waals surface area (Å²) in [4.78, 5) is 0. The minimum atomic E-state index is -2.91. The molecule has 1 fully saturated rings. The first-order valence-electron chi connectivity index (χ1n) is 6.71. The quantitative estimate of drug-likeness (QED) is 0.860. The number of sulfone groups is 1. The van der Waals surface area contributed by atoms with E-state index in [1.807, 2.05) is 7.05 Å². The van der Waals surface area contributed by atoms with Gasteiger partial charge in [0.15, 0.2) is 9.84 Å². The molecule has 1 aromatic heterocycles. The van der Waals surface area contributed by atoms with Crippen LogP contribution in [0.1, 0.15) is 31.9 Å². The summed E-state index contributed by atoms with van der Waals surface area (Å²) in [6.07, 6.45) is 3.38. The fraction of sp³-hybridized carbons (Fsp3) is 0.750. The average Bonchev–Trinajstić information content (AvgIpc) is 2.56. The van der Waals surface area contributed by atoms with Crippen LogP contribution in [0.3, 0.4) is 0 Å². The van der Waals surface area contributed by atoms with Crippen molar-refractivity contribution in [2.75, 3.05) is 22.6 Å². The van der Waals surface area contributed by atoms with Crippen molar-refractivity contribution in [2.45, 2.75) is 38.6 Å². The molecule has 6 nitrogen and oxygen atoms in total. The molecule has 7 heteroatoms. The van der Waals surface area contributed by atoms with Crippen LogP contribution in [-0.2, 0) is 23.3 Å². The zero-order valence-electron chi connectivity index (χ0n) is 11.5. The van der Waals surface area contributed by atoms with E-state index in [4.69, 9.17) is 5.73 Å². The maximum Gasteiger partial charge on any atom is 0.152 e. The van der Waals surface area contributed by atoms with Gasteiger partial charge in [-0.2, -0.15) is 5.10 Å². The Kier molecular flexibility index (Phi) is 4.03. The third-order valence-electron chi connectivity index (χ3n) is 3.45. The van der Waals surface area contributed by atoms with Crippen molar-refractivity contribution in [3.05, 3.63) is 5.69 Å². The van der Waals surface area contributed by atoms with Crippen LogP contribution in [0.2, 0.25) is 0 Å². The lowest BCUT2D eigenvalue weighted by Gasteiger charge is -2.24. The smallest absolute Gasteiger partial charge is 0.152 e. The van der Waals surface area contributed by atoms with Crippen LogP contribution in [0.25, 0.3) is 0 Å². The topological polar surface area (TPSA) is 90.0 Å². The first kappa shape index (κ1) is 14.2. The van der Waals surface area contributed by atoms with E-state index in [-0.39, 0.29) is 11.8 Å². The van der Waals surface area contributed by atoms with Crippen LogP contribution < -0.4 is 11.1 Å². The zero-order valence-corrected chi connectivity index (χ0v) is 12.3. The second kappa shape index (κ2) is 5.40. The van der Waals surface area contributed by atoms with Crippen molar-refractivity contribution in [3.8, 4) is 0 Å². The molecule has 0 aromatic carbocycles. The number of nitrogens with two attached hydrogens (primary N) is 1. The SMILES string of the molecule is CCCc1nn(C)c(NC2CCCS(=O)(=O)C2)c1N. The van der Waals surface area contributed by atoms with E-state index in [1.165, 1.54) is 0 Å². The van der Waals surface area contributed by atoms with Crippen molar-refractivity contribution in [3.63, 3.8) is 0 Å². The summed E-state index contributed by atoms with van der Waals surface area (Å²) in [6.45, 7) is 2.08. The molecule has 0 spiro atoms. The van der Waals surface area contributed by atoms with Crippen LogP contribution in [-0.4, -0.2) is 35.7 Å². The number of aryl methyl sites for hydroxylation is 2. The summed E-state index contributed by atoms with van der Waals surface area (Å²) in [7, 11) is -1.09. The molecular formula is C12H22N4O2S. The van der Waals surface area contributed by atoms with Gasteiger partial charge >= 0.3 is 0 Å². The second-order valence-corrected chi connectivity index (χ2v) is 7.41. The third-order valence-corrected chi connectivity index (χ3v) is 5.27. The maximum atomic E-state index is 11.6. The molecule has 1 atom stereocenters. The highest BCUT2D eigenvalue weighted by Gasteiger charge is 2.26. The van der Waals surface area contributed by atoms with Crippen molar-refractivity contribution < 1.29 is 8.42 Å². The van der Waals surface area contributed by atoms with Crippen LogP contribution in [0, 0.1) is 0 Å². The van der Waals surface area contributed by atoms with E-state index in [9.17, 15) is 8.42 Å². The maximum absolute atomic E-state index is 11.6. The first-order chi connectivity index (χ1) is 8.93. The number of aromatic nitrogens is 2. The molecule has 108 valence electrons. The van der Waals surface area contributed by atoms with Gasteiger partial charge in [0, 0.05) is 13.1 Å². The Bertz CT molecular complexity index is 550. The van der Waals surface area contributed by atoms with Gasteiger partial charge in [0.05, 0.1) is 22.9 Å². The lowest BCUT2D eigenvalue weighted by molar-refractivity contribution is 0.560. The van der Waals surface area contributed by atoms with Crippen LogP contribution in [0.5, 0.6) is 0 Å². The third kappa shape index (κ3) is 3.20. The van der Waals surface area contributed by atoms with Crippen molar-refractivity contribution in [1.82, 2.24) is 9.78 Å². The summed E-state index contributed by atoms with van der Waals surface area (Å²) in [5.41, 5.74) is 7.61. The van der Waals surface area contributed by atoms with Gasteiger partial charge in [0.25, 0.3) is 0 Å². The number of rotatable bonds is 4. The molecule has 1 aromatic rings. The fourth-order valence-electron chi connectivity index (χ4n) is 2.52. The molecule has 0 amide bonds. The van der Waals surface area contributed by atoms with Crippen molar-refractivity contribution >= 4 is 21.3 Å². The van der Waals surface area contributed by atoms with Crippen LogP contribution in [0.4, 0.5) is 11.5 Å². The van der Waals surface area contributed by atoms with Crippen LogP contribution >= 0.6 is 0 Å². The molecular weight excluding hydrogens is 264 g/mol. The number of anilines is 2. The summed E-state index contributed by atoms with van der Waals surface area (Å²) in [6, 6.07) is -0.0640. The average molecular weight is 286 g/mol. The highest BCUT2D eigenvalue weighted by atomic mass is 32.2. The molecule has 1 aliphatic rings. The highest BCUT2D eigenvalue weighted by Crippen LogP contribution is 2.25. The normalized spacial score (nSPS) is 22.3. The van der Waals surface area contributed by atoms with Gasteiger partial charge in [-0.05, 0) is 19.3 Å². The van der Waals surface area contributed by atoms with E-state index in [0.717, 1.165) is 30.8 Å². The highest BCUT2D eigenvalue weighted by molar-refractivity contribution is 7.91. The fourth-order valence-corrected chi connectivity index (χ4v) is 4.15. The summed E-state index contributed by atoms with van der Waals surface area (Å²) < 4.78 is 25.0. The zero-order chi connectivity index (χ0) is 14.0. The largest absolute Gasteiger partial charge is 0.394 e. The van der Waals surface area contributed by atoms with E-state index >= 15 is 0 Å². The van der Waals surface area contributed by atoms with Crippen molar-refractivity contribution in [1.29, 1.82) is 0 Å². The van der Waals surface area contributed by atoms with Gasteiger partial charge in [0.1, 0.15) is 5.82 Å². The monoisotopic (exact) mass is 286 g/mol. The minimum Gasteiger partial charge on any atom is -0.394 e. The number of nitrogens with zero attached hydrogens (tertiary/aromatic N) is 2. The Morgan fingerprint density at radius 2 is 2.26 bits per heavy atom. The summed E-state index contributed by atoms with van der Waals surface area (Å²) in [5, 5.41) is 7.63. The van der Waals surface area contributed by atoms with E-state index in [0.29, 0.717) is 17.9 Å². The predicted octanol–water partition coefficient (Wildman–Crippen LogP) is 0.944. The lowest BCUT2D eigenvalue weighted by atomic mass is 10.2. The number of nitrogens with one attached hydrogen (secondary N) is 1. The Morgan fingerprint density at radius 1 is 1.53 bits per heavy atom. The minimum absolute atomic E-state index is 0.0640. The predicted molar refractivity (Wildman–Crippen MR) is 76.9 cm³/mol. The lowest BCUT2D eigenvalue weighted by Crippen LogP contribution is -2.35. The molecule has 2 heterocycles. The van der Waals surface area contributed by atoms with Gasteiger partial charge in [-0.1, -0.05) is 13.3 Å². The van der Waals surface area contributed by atoms with Gasteiger partial charge in [-0.25, -0.2) is 8.42 Å². The van der Waals surface area contributed by atoms with E-state index in [2.05, 4.69) is 17.3 Å². The molecule has 2 rings (SSSR count).